The van der Waals surface area contributed by atoms with Gasteiger partial charge >= 0.3 is 0 Å². The first-order chi connectivity index (χ1) is 9.59. The van der Waals surface area contributed by atoms with Crippen LogP contribution < -0.4 is 0 Å². The number of carbonyl (C=O) groups excluding carboxylic acids is 1. The van der Waals surface area contributed by atoms with Crippen LogP contribution in [-0.4, -0.2) is 70.5 Å². The molecule has 2 aliphatic heterocycles. The molecule has 0 bridgehead atoms. The Hall–Kier alpha value is -0.610. The van der Waals surface area contributed by atoms with Crippen molar-refractivity contribution in [1.29, 1.82) is 0 Å². The SMILES string of the molecule is CC(C)(C)N1CCC(N2CCN(C(C)(C)C)CC2=O)CC1. The van der Waals surface area contributed by atoms with Crippen LogP contribution in [0.15, 0.2) is 0 Å². The third kappa shape index (κ3) is 3.98. The summed E-state index contributed by atoms with van der Waals surface area (Å²) in [6.45, 7) is 18.1. The molecule has 0 aliphatic carbocycles. The summed E-state index contributed by atoms with van der Waals surface area (Å²) in [6.07, 6.45) is 2.25. The van der Waals surface area contributed by atoms with Gasteiger partial charge in [0, 0.05) is 43.3 Å². The van der Waals surface area contributed by atoms with Gasteiger partial charge in [-0.2, -0.15) is 0 Å². The highest BCUT2D eigenvalue weighted by atomic mass is 16.2. The van der Waals surface area contributed by atoms with Crippen molar-refractivity contribution in [3.63, 3.8) is 0 Å². The minimum Gasteiger partial charge on any atom is -0.337 e. The van der Waals surface area contributed by atoms with Crippen molar-refractivity contribution in [2.45, 2.75) is 71.5 Å². The quantitative estimate of drug-likeness (QED) is 0.742. The van der Waals surface area contributed by atoms with Crippen molar-refractivity contribution >= 4 is 5.91 Å². The van der Waals surface area contributed by atoms with Gasteiger partial charge in [-0.3, -0.25) is 14.6 Å². The highest BCUT2D eigenvalue weighted by Crippen LogP contribution is 2.25. The van der Waals surface area contributed by atoms with Gasteiger partial charge in [0.15, 0.2) is 0 Å². The second-order valence-electron chi connectivity index (χ2n) is 8.57. The maximum absolute atomic E-state index is 12.5. The zero-order chi connectivity index (χ0) is 15.8. The summed E-state index contributed by atoms with van der Waals surface area (Å²) in [7, 11) is 0. The van der Waals surface area contributed by atoms with E-state index in [0.29, 0.717) is 18.5 Å². The molecule has 2 rings (SSSR count). The zero-order valence-corrected chi connectivity index (χ0v) is 14.8. The molecule has 4 nitrogen and oxygen atoms in total. The summed E-state index contributed by atoms with van der Waals surface area (Å²) in [5.41, 5.74) is 0.345. The molecular formula is C17H33N3O. The van der Waals surface area contributed by atoms with E-state index in [-0.39, 0.29) is 11.1 Å². The van der Waals surface area contributed by atoms with E-state index in [2.05, 4.69) is 56.2 Å². The summed E-state index contributed by atoms with van der Waals surface area (Å²) >= 11 is 0. The molecule has 0 spiro atoms. The van der Waals surface area contributed by atoms with E-state index < -0.39 is 0 Å². The van der Waals surface area contributed by atoms with E-state index in [1.165, 1.54) is 0 Å². The van der Waals surface area contributed by atoms with Crippen molar-refractivity contribution in [1.82, 2.24) is 14.7 Å². The minimum absolute atomic E-state index is 0.0946. The van der Waals surface area contributed by atoms with Gasteiger partial charge in [-0.05, 0) is 54.4 Å². The summed E-state index contributed by atoms with van der Waals surface area (Å²) in [4.78, 5) is 19.5. The Bertz CT molecular complexity index is 372. The Kier molecular flexibility index (Phi) is 4.69. The number of piperidine rings is 1. The van der Waals surface area contributed by atoms with Crippen LogP contribution in [0.1, 0.15) is 54.4 Å². The van der Waals surface area contributed by atoms with Crippen LogP contribution in [-0.2, 0) is 4.79 Å². The number of carbonyl (C=O) groups is 1. The monoisotopic (exact) mass is 295 g/mol. The van der Waals surface area contributed by atoms with E-state index in [9.17, 15) is 4.79 Å². The fourth-order valence-corrected chi connectivity index (χ4v) is 3.49. The molecule has 21 heavy (non-hydrogen) atoms. The van der Waals surface area contributed by atoms with Gasteiger partial charge in [-0.1, -0.05) is 0 Å². The first-order valence-corrected chi connectivity index (χ1v) is 8.38. The van der Waals surface area contributed by atoms with E-state index in [1.54, 1.807) is 0 Å². The van der Waals surface area contributed by atoms with Gasteiger partial charge in [-0.15, -0.1) is 0 Å². The number of hydrogen-bond donors (Lipinski definition) is 0. The van der Waals surface area contributed by atoms with E-state index in [0.717, 1.165) is 39.0 Å². The van der Waals surface area contributed by atoms with Gasteiger partial charge in [0.05, 0.1) is 6.54 Å². The van der Waals surface area contributed by atoms with E-state index >= 15 is 0 Å². The molecule has 4 heteroatoms. The van der Waals surface area contributed by atoms with Gasteiger partial charge in [0.2, 0.25) is 5.91 Å². The third-order valence-corrected chi connectivity index (χ3v) is 5.06. The van der Waals surface area contributed by atoms with Crippen molar-refractivity contribution < 1.29 is 4.79 Å². The Morgan fingerprint density at radius 2 is 1.33 bits per heavy atom. The first kappa shape index (κ1) is 16.8. The van der Waals surface area contributed by atoms with Crippen molar-refractivity contribution in [2.24, 2.45) is 0 Å². The summed E-state index contributed by atoms with van der Waals surface area (Å²) in [6, 6.07) is 0.457. The van der Waals surface area contributed by atoms with Gasteiger partial charge in [0.25, 0.3) is 0 Å². The van der Waals surface area contributed by atoms with Gasteiger partial charge in [0.1, 0.15) is 0 Å². The number of amides is 1. The average Bonchev–Trinajstić information content (AvgIpc) is 2.36. The maximum Gasteiger partial charge on any atom is 0.237 e. The van der Waals surface area contributed by atoms with Crippen LogP contribution in [0.25, 0.3) is 0 Å². The third-order valence-electron chi connectivity index (χ3n) is 5.06. The molecule has 0 aromatic rings. The second-order valence-corrected chi connectivity index (χ2v) is 8.57. The molecule has 0 unspecified atom stereocenters. The molecule has 0 radical (unpaired) electrons. The average molecular weight is 295 g/mol. The maximum atomic E-state index is 12.5. The normalized spacial score (nSPS) is 24.7. The lowest BCUT2D eigenvalue weighted by molar-refractivity contribution is -0.142. The molecular weight excluding hydrogens is 262 g/mol. The Balaban J connectivity index is 1.89. The molecule has 2 heterocycles. The van der Waals surface area contributed by atoms with Crippen LogP contribution in [0.5, 0.6) is 0 Å². The zero-order valence-electron chi connectivity index (χ0n) is 14.8. The predicted molar refractivity (Wildman–Crippen MR) is 87.4 cm³/mol. The molecule has 1 amide bonds. The molecule has 0 N–H and O–H groups in total. The first-order valence-electron chi connectivity index (χ1n) is 8.38. The highest BCUT2D eigenvalue weighted by Gasteiger charge is 2.36. The number of hydrogen-bond acceptors (Lipinski definition) is 3. The van der Waals surface area contributed by atoms with E-state index in [1.807, 2.05) is 0 Å². The van der Waals surface area contributed by atoms with Gasteiger partial charge in [-0.25, -0.2) is 0 Å². The molecule has 0 atom stereocenters. The number of piperazine rings is 1. The summed E-state index contributed by atoms with van der Waals surface area (Å²) in [5, 5.41) is 0. The molecule has 122 valence electrons. The Morgan fingerprint density at radius 1 is 0.810 bits per heavy atom. The Labute approximate surface area is 130 Å². The number of likely N-dealkylation sites (tertiary alicyclic amines) is 1. The summed E-state index contributed by atoms with van der Waals surface area (Å²) in [5.74, 6) is 0.324. The van der Waals surface area contributed by atoms with Crippen molar-refractivity contribution in [3.05, 3.63) is 0 Å². The van der Waals surface area contributed by atoms with E-state index in [4.69, 9.17) is 0 Å². The molecule has 0 aromatic heterocycles. The fraction of sp³-hybridized carbons (Fsp3) is 0.941. The number of rotatable bonds is 1. The topological polar surface area (TPSA) is 26.8 Å². The highest BCUT2D eigenvalue weighted by molar-refractivity contribution is 5.79. The number of nitrogens with zero attached hydrogens (tertiary/aromatic N) is 3. The molecule has 2 fully saturated rings. The van der Waals surface area contributed by atoms with Crippen molar-refractivity contribution in [2.75, 3.05) is 32.7 Å². The van der Waals surface area contributed by atoms with Crippen molar-refractivity contribution in [3.8, 4) is 0 Å². The Morgan fingerprint density at radius 3 is 1.76 bits per heavy atom. The van der Waals surface area contributed by atoms with Gasteiger partial charge < -0.3 is 4.90 Å². The lowest BCUT2D eigenvalue weighted by Crippen LogP contribution is -2.60. The minimum atomic E-state index is 0.0946. The second kappa shape index (κ2) is 5.88. The summed E-state index contributed by atoms with van der Waals surface area (Å²) < 4.78 is 0. The lowest BCUT2D eigenvalue weighted by atomic mass is 9.96. The predicted octanol–water partition coefficient (Wildman–Crippen LogP) is 2.19. The van der Waals surface area contributed by atoms with Crippen LogP contribution in [0, 0.1) is 0 Å². The molecule has 0 aromatic carbocycles. The molecule has 2 saturated heterocycles. The van der Waals surface area contributed by atoms with Crippen LogP contribution in [0.2, 0.25) is 0 Å². The largest absolute Gasteiger partial charge is 0.337 e. The standard InChI is InChI=1S/C17H33N3O/c1-16(2,3)18-9-7-14(8-10-18)20-12-11-19(13-15(20)21)17(4,5)6/h14H,7-13H2,1-6H3. The van der Waals surface area contributed by atoms with Crippen LogP contribution in [0.4, 0.5) is 0 Å². The smallest absolute Gasteiger partial charge is 0.237 e. The lowest BCUT2D eigenvalue weighted by Gasteiger charge is -2.47. The molecule has 2 aliphatic rings. The fourth-order valence-electron chi connectivity index (χ4n) is 3.49. The molecule has 0 saturated carbocycles. The van der Waals surface area contributed by atoms with Crippen LogP contribution in [0.3, 0.4) is 0 Å². The van der Waals surface area contributed by atoms with Crippen LogP contribution >= 0.6 is 0 Å².